The van der Waals surface area contributed by atoms with Gasteiger partial charge in [-0.2, -0.15) is 0 Å². The van der Waals surface area contributed by atoms with Gasteiger partial charge >= 0.3 is 0 Å². The highest BCUT2D eigenvalue weighted by atomic mass is 16.5. The molecule has 1 unspecified atom stereocenters. The Labute approximate surface area is 107 Å². The van der Waals surface area contributed by atoms with Gasteiger partial charge in [0.15, 0.2) is 0 Å². The van der Waals surface area contributed by atoms with Crippen LogP contribution in [0.2, 0.25) is 0 Å². The van der Waals surface area contributed by atoms with Crippen LogP contribution in [-0.2, 0) is 4.74 Å². The fourth-order valence-electron chi connectivity index (χ4n) is 2.30. The molecule has 1 heterocycles. The number of aliphatic hydroxyl groups excluding tert-OH is 1. The molecule has 18 heavy (non-hydrogen) atoms. The van der Waals surface area contributed by atoms with Gasteiger partial charge in [-0.1, -0.05) is 0 Å². The van der Waals surface area contributed by atoms with Crippen LogP contribution in [0.1, 0.15) is 31.4 Å². The van der Waals surface area contributed by atoms with Crippen LogP contribution in [0.4, 0.5) is 0 Å². The van der Waals surface area contributed by atoms with E-state index in [4.69, 9.17) is 14.2 Å². The van der Waals surface area contributed by atoms with Gasteiger partial charge in [-0.25, -0.2) is 0 Å². The highest BCUT2D eigenvalue weighted by Crippen LogP contribution is 2.42. The summed E-state index contributed by atoms with van der Waals surface area (Å²) in [5.74, 6) is 1.46. The van der Waals surface area contributed by atoms with E-state index in [-0.39, 0.29) is 5.60 Å². The number of fused-ring (bicyclic) bond motifs is 1. The first-order valence-corrected chi connectivity index (χ1v) is 6.12. The smallest absolute Gasteiger partial charge is 0.126 e. The lowest BCUT2D eigenvalue weighted by atomic mass is 9.88. The van der Waals surface area contributed by atoms with Crippen molar-refractivity contribution in [2.75, 3.05) is 20.8 Å². The molecule has 2 rings (SSSR count). The van der Waals surface area contributed by atoms with Crippen LogP contribution in [0.3, 0.4) is 0 Å². The molecule has 1 aliphatic rings. The topological polar surface area (TPSA) is 47.9 Å². The summed E-state index contributed by atoms with van der Waals surface area (Å²) in [6.07, 6.45) is 0.799. The lowest BCUT2D eigenvalue weighted by molar-refractivity contribution is -0.0203. The van der Waals surface area contributed by atoms with Crippen LogP contribution in [0.5, 0.6) is 11.5 Å². The molecule has 4 nitrogen and oxygen atoms in total. The van der Waals surface area contributed by atoms with E-state index in [1.807, 2.05) is 25.1 Å². The summed E-state index contributed by atoms with van der Waals surface area (Å²) >= 11 is 0. The molecule has 0 saturated carbocycles. The van der Waals surface area contributed by atoms with Gasteiger partial charge in [-0.05, 0) is 25.1 Å². The molecule has 0 bridgehead atoms. The van der Waals surface area contributed by atoms with E-state index in [2.05, 4.69) is 0 Å². The maximum absolute atomic E-state index is 10.2. The summed E-state index contributed by atoms with van der Waals surface area (Å²) in [6.45, 7) is 2.62. The standard InChI is InChI=1S/C14H20O4/c1-14(6-7-16-2)9-12(15)11-8-10(17-3)4-5-13(11)18-14/h4-5,8,12,15H,6-7,9H2,1-3H3/t12-,14?/m1/s1. The number of aliphatic hydroxyl groups is 1. The van der Waals surface area contributed by atoms with Crippen molar-refractivity contribution in [1.29, 1.82) is 0 Å². The minimum atomic E-state index is -0.522. The van der Waals surface area contributed by atoms with Crippen molar-refractivity contribution >= 4 is 0 Å². The quantitative estimate of drug-likeness (QED) is 0.893. The molecular formula is C14H20O4. The van der Waals surface area contributed by atoms with E-state index in [1.54, 1.807) is 14.2 Å². The fraction of sp³-hybridized carbons (Fsp3) is 0.571. The lowest BCUT2D eigenvalue weighted by Gasteiger charge is -2.38. The third kappa shape index (κ3) is 2.60. The van der Waals surface area contributed by atoms with Crippen molar-refractivity contribution in [3.05, 3.63) is 23.8 Å². The Morgan fingerprint density at radius 1 is 1.44 bits per heavy atom. The second-order valence-electron chi connectivity index (χ2n) is 4.92. The van der Waals surface area contributed by atoms with Crippen LogP contribution in [-0.4, -0.2) is 31.5 Å². The van der Waals surface area contributed by atoms with Crippen molar-refractivity contribution < 1.29 is 19.3 Å². The molecule has 100 valence electrons. The highest BCUT2D eigenvalue weighted by molar-refractivity contribution is 5.43. The Kier molecular flexibility index (Phi) is 3.78. The van der Waals surface area contributed by atoms with E-state index in [1.165, 1.54) is 0 Å². The molecule has 0 saturated heterocycles. The van der Waals surface area contributed by atoms with Crippen LogP contribution in [0, 0.1) is 0 Å². The molecule has 1 aromatic rings. The van der Waals surface area contributed by atoms with Gasteiger partial charge in [-0.15, -0.1) is 0 Å². The van der Waals surface area contributed by atoms with E-state index in [9.17, 15) is 5.11 Å². The molecule has 1 aliphatic heterocycles. The third-order valence-corrected chi connectivity index (χ3v) is 3.39. The van der Waals surface area contributed by atoms with Gasteiger partial charge in [-0.3, -0.25) is 0 Å². The summed E-state index contributed by atoms with van der Waals surface area (Å²) in [7, 11) is 3.28. The first-order chi connectivity index (χ1) is 8.58. The first-order valence-electron chi connectivity index (χ1n) is 6.12. The molecule has 4 heteroatoms. The minimum absolute atomic E-state index is 0.378. The normalized spacial score (nSPS) is 26.3. The van der Waals surface area contributed by atoms with E-state index in [0.29, 0.717) is 13.0 Å². The second kappa shape index (κ2) is 5.16. The largest absolute Gasteiger partial charge is 0.497 e. The molecule has 0 radical (unpaired) electrons. The van der Waals surface area contributed by atoms with Crippen LogP contribution < -0.4 is 9.47 Å². The van der Waals surface area contributed by atoms with Gasteiger partial charge in [0.25, 0.3) is 0 Å². The summed E-state index contributed by atoms with van der Waals surface area (Å²) in [5, 5.41) is 10.2. The summed E-state index contributed by atoms with van der Waals surface area (Å²) in [5.41, 5.74) is 0.418. The number of hydrogen-bond acceptors (Lipinski definition) is 4. The van der Waals surface area contributed by atoms with Crippen molar-refractivity contribution in [3.63, 3.8) is 0 Å². The number of methoxy groups -OCH3 is 2. The average Bonchev–Trinajstić information content (AvgIpc) is 2.36. The molecule has 0 fully saturated rings. The van der Waals surface area contributed by atoms with Gasteiger partial charge in [0.2, 0.25) is 0 Å². The Hall–Kier alpha value is -1.26. The predicted octanol–water partition coefficient (Wildman–Crippen LogP) is 2.31. The predicted molar refractivity (Wildman–Crippen MR) is 68.1 cm³/mol. The van der Waals surface area contributed by atoms with Crippen LogP contribution in [0.25, 0.3) is 0 Å². The van der Waals surface area contributed by atoms with Gasteiger partial charge in [0.1, 0.15) is 17.1 Å². The minimum Gasteiger partial charge on any atom is -0.497 e. The maximum Gasteiger partial charge on any atom is 0.126 e. The monoisotopic (exact) mass is 252 g/mol. The Morgan fingerprint density at radius 2 is 2.22 bits per heavy atom. The number of rotatable bonds is 4. The molecule has 0 aromatic heterocycles. The van der Waals surface area contributed by atoms with Gasteiger partial charge in [0, 0.05) is 32.1 Å². The zero-order valence-electron chi connectivity index (χ0n) is 11.1. The van der Waals surface area contributed by atoms with Crippen molar-refractivity contribution in [1.82, 2.24) is 0 Å². The zero-order valence-corrected chi connectivity index (χ0v) is 11.1. The third-order valence-electron chi connectivity index (χ3n) is 3.39. The molecule has 1 aromatic carbocycles. The van der Waals surface area contributed by atoms with E-state index < -0.39 is 6.10 Å². The molecule has 0 spiro atoms. The first kappa shape index (κ1) is 13.2. The zero-order chi connectivity index (χ0) is 13.2. The number of ether oxygens (including phenoxy) is 3. The Balaban J connectivity index is 2.23. The maximum atomic E-state index is 10.2. The average molecular weight is 252 g/mol. The molecule has 0 aliphatic carbocycles. The van der Waals surface area contributed by atoms with E-state index in [0.717, 1.165) is 23.5 Å². The van der Waals surface area contributed by atoms with Gasteiger partial charge < -0.3 is 19.3 Å². The molecular weight excluding hydrogens is 232 g/mol. The van der Waals surface area contributed by atoms with Gasteiger partial charge in [0.05, 0.1) is 13.2 Å². The summed E-state index contributed by atoms with van der Waals surface area (Å²) in [4.78, 5) is 0. The summed E-state index contributed by atoms with van der Waals surface area (Å²) < 4.78 is 16.2. The van der Waals surface area contributed by atoms with Crippen molar-refractivity contribution in [3.8, 4) is 11.5 Å². The molecule has 1 N–H and O–H groups in total. The van der Waals surface area contributed by atoms with Crippen molar-refractivity contribution in [2.24, 2.45) is 0 Å². The van der Waals surface area contributed by atoms with Crippen LogP contribution >= 0.6 is 0 Å². The number of hydrogen-bond donors (Lipinski definition) is 1. The Morgan fingerprint density at radius 3 is 2.89 bits per heavy atom. The Bertz CT molecular complexity index is 418. The second-order valence-corrected chi connectivity index (χ2v) is 4.92. The SMILES string of the molecule is COCCC1(C)C[C@@H](O)c2cc(OC)ccc2O1. The van der Waals surface area contributed by atoms with Crippen molar-refractivity contribution in [2.45, 2.75) is 31.5 Å². The summed E-state index contributed by atoms with van der Waals surface area (Å²) in [6, 6.07) is 5.52. The molecule has 0 amide bonds. The lowest BCUT2D eigenvalue weighted by Crippen LogP contribution is -2.39. The van der Waals surface area contributed by atoms with E-state index >= 15 is 0 Å². The highest BCUT2D eigenvalue weighted by Gasteiger charge is 2.36. The van der Waals surface area contributed by atoms with Crippen LogP contribution in [0.15, 0.2) is 18.2 Å². The fourth-order valence-corrected chi connectivity index (χ4v) is 2.30. The number of benzene rings is 1. The molecule has 2 atom stereocenters.